The van der Waals surface area contributed by atoms with Crippen LogP contribution in [0.4, 0.5) is 0 Å². The highest BCUT2D eigenvalue weighted by atomic mass is 16.5. The van der Waals surface area contributed by atoms with Gasteiger partial charge in [0.25, 0.3) is 0 Å². The molecule has 4 nitrogen and oxygen atoms in total. The molecular formula is C12H26N2O2. The van der Waals surface area contributed by atoms with Crippen molar-refractivity contribution in [3.05, 3.63) is 0 Å². The van der Waals surface area contributed by atoms with Crippen LogP contribution in [-0.2, 0) is 9.47 Å². The number of ether oxygens (including phenoxy) is 2. The van der Waals surface area contributed by atoms with Crippen LogP contribution in [0.2, 0.25) is 0 Å². The van der Waals surface area contributed by atoms with E-state index in [-0.39, 0.29) is 0 Å². The minimum absolute atomic E-state index is 0.354. The van der Waals surface area contributed by atoms with E-state index < -0.39 is 0 Å². The first-order valence-electron chi connectivity index (χ1n) is 6.32. The number of nitrogens with one attached hydrogen (secondary N) is 1. The van der Waals surface area contributed by atoms with Crippen LogP contribution in [0.1, 0.15) is 20.3 Å². The minimum Gasteiger partial charge on any atom is -0.383 e. The smallest absolute Gasteiger partial charge is 0.0673 e. The first-order valence-corrected chi connectivity index (χ1v) is 6.32. The quantitative estimate of drug-likeness (QED) is 0.729. The van der Waals surface area contributed by atoms with Crippen molar-refractivity contribution in [2.45, 2.75) is 32.4 Å². The predicted molar refractivity (Wildman–Crippen MR) is 65.8 cm³/mol. The van der Waals surface area contributed by atoms with Crippen molar-refractivity contribution in [2.75, 3.05) is 46.5 Å². The Balaban J connectivity index is 2.35. The lowest BCUT2D eigenvalue weighted by Gasteiger charge is -2.27. The molecule has 96 valence electrons. The summed E-state index contributed by atoms with van der Waals surface area (Å²) in [7, 11) is 1.76. The van der Waals surface area contributed by atoms with Crippen LogP contribution < -0.4 is 5.32 Å². The molecular weight excluding hydrogens is 204 g/mol. The maximum Gasteiger partial charge on any atom is 0.0673 e. The number of hydrogen-bond acceptors (Lipinski definition) is 4. The van der Waals surface area contributed by atoms with Gasteiger partial charge in [-0.15, -0.1) is 0 Å². The van der Waals surface area contributed by atoms with E-state index in [1.54, 1.807) is 7.11 Å². The van der Waals surface area contributed by atoms with Crippen LogP contribution in [0, 0.1) is 0 Å². The van der Waals surface area contributed by atoms with Gasteiger partial charge in [-0.3, -0.25) is 4.90 Å². The molecule has 0 bridgehead atoms. The summed E-state index contributed by atoms with van der Waals surface area (Å²) in [6.45, 7) is 10.2. The summed E-state index contributed by atoms with van der Waals surface area (Å²) >= 11 is 0. The molecule has 0 aromatic carbocycles. The van der Waals surface area contributed by atoms with E-state index in [0.29, 0.717) is 12.1 Å². The summed E-state index contributed by atoms with van der Waals surface area (Å²) in [5.74, 6) is 0. The summed E-state index contributed by atoms with van der Waals surface area (Å²) in [6, 6.07) is 0.431. The fourth-order valence-electron chi connectivity index (χ4n) is 2.22. The average Bonchev–Trinajstić information content (AvgIpc) is 2.43. The topological polar surface area (TPSA) is 33.7 Å². The van der Waals surface area contributed by atoms with Crippen LogP contribution >= 0.6 is 0 Å². The molecule has 1 aliphatic heterocycles. The third kappa shape index (κ3) is 5.25. The van der Waals surface area contributed by atoms with Crippen molar-refractivity contribution >= 4 is 0 Å². The lowest BCUT2D eigenvalue weighted by atomic mass is 10.2. The maximum atomic E-state index is 5.64. The molecule has 1 fully saturated rings. The van der Waals surface area contributed by atoms with Crippen molar-refractivity contribution in [1.82, 2.24) is 10.2 Å². The van der Waals surface area contributed by atoms with Crippen LogP contribution in [0.3, 0.4) is 0 Å². The third-order valence-electron chi connectivity index (χ3n) is 2.88. The molecule has 0 aromatic heterocycles. The number of rotatable bonds is 6. The largest absolute Gasteiger partial charge is 0.383 e. The fourth-order valence-corrected chi connectivity index (χ4v) is 2.22. The average molecular weight is 230 g/mol. The summed E-state index contributed by atoms with van der Waals surface area (Å²) in [5.41, 5.74) is 0. The normalized spacial score (nSPS) is 25.3. The minimum atomic E-state index is 0.354. The second kappa shape index (κ2) is 8.01. The molecule has 0 aromatic rings. The highest BCUT2D eigenvalue weighted by Gasteiger charge is 2.18. The Morgan fingerprint density at radius 3 is 3.06 bits per heavy atom. The van der Waals surface area contributed by atoms with Gasteiger partial charge in [0.15, 0.2) is 0 Å². The Morgan fingerprint density at radius 2 is 2.38 bits per heavy atom. The second-order valence-corrected chi connectivity index (χ2v) is 4.50. The summed E-state index contributed by atoms with van der Waals surface area (Å²) in [4.78, 5) is 2.48. The van der Waals surface area contributed by atoms with Gasteiger partial charge in [-0.2, -0.15) is 0 Å². The molecule has 2 unspecified atom stereocenters. The zero-order valence-corrected chi connectivity index (χ0v) is 10.9. The number of hydrogen-bond donors (Lipinski definition) is 1. The molecule has 0 aliphatic carbocycles. The van der Waals surface area contributed by atoms with Crippen LogP contribution in [0.15, 0.2) is 0 Å². The predicted octanol–water partition coefficient (Wildman–Crippen LogP) is 0.722. The highest BCUT2D eigenvalue weighted by molar-refractivity contribution is 4.74. The van der Waals surface area contributed by atoms with E-state index in [1.165, 1.54) is 0 Å². The number of nitrogens with zero attached hydrogens (tertiary/aromatic N) is 1. The van der Waals surface area contributed by atoms with Gasteiger partial charge in [-0.25, -0.2) is 0 Å². The molecule has 0 saturated carbocycles. The Bertz CT molecular complexity index is 172. The van der Waals surface area contributed by atoms with Crippen molar-refractivity contribution in [3.8, 4) is 0 Å². The van der Waals surface area contributed by atoms with Crippen LogP contribution in [-0.4, -0.2) is 63.5 Å². The molecule has 0 amide bonds. The SMILES string of the molecule is CCNC(COC)CN1CCCOC(C)C1. The van der Waals surface area contributed by atoms with E-state index in [2.05, 4.69) is 24.1 Å². The van der Waals surface area contributed by atoms with E-state index in [9.17, 15) is 0 Å². The molecule has 1 heterocycles. The van der Waals surface area contributed by atoms with E-state index >= 15 is 0 Å². The van der Waals surface area contributed by atoms with Crippen molar-refractivity contribution in [3.63, 3.8) is 0 Å². The zero-order chi connectivity index (χ0) is 11.8. The van der Waals surface area contributed by atoms with Gasteiger partial charge in [0, 0.05) is 39.4 Å². The molecule has 1 rings (SSSR count). The Hall–Kier alpha value is -0.160. The lowest BCUT2D eigenvalue weighted by Crippen LogP contribution is -2.45. The standard InChI is InChI=1S/C12H26N2O2/c1-4-13-12(10-15-3)9-14-6-5-7-16-11(2)8-14/h11-13H,4-10H2,1-3H3. The van der Waals surface area contributed by atoms with Gasteiger partial charge in [0.05, 0.1) is 12.7 Å². The Kier molecular flexibility index (Phi) is 6.96. The van der Waals surface area contributed by atoms with Crippen molar-refractivity contribution in [1.29, 1.82) is 0 Å². The second-order valence-electron chi connectivity index (χ2n) is 4.50. The van der Waals surface area contributed by atoms with Crippen molar-refractivity contribution < 1.29 is 9.47 Å². The lowest BCUT2D eigenvalue weighted by molar-refractivity contribution is 0.0636. The van der Waals surface area contributed by atoms with Gasteiger partial charge >= 0.3 is 0 Å². The maximum absolute atomic E-state index is 5.64. The first kappa shape index (κ1) is 13.9. The zero-order valence-electron chi connectivity index (χ0n) is 10.9. The fraction of sp³-hybridized carbons (Fsp3) is 1.00. The van der Waals surface area contributed by atoms with Gasteiger partial charge in [0.2, 0.25) is 0 Å². The van der Waals surface area contributed by atoms with Gasteiger partial charge < -0.3 is 14.8 Å². The summed E-state index contributed by atoms with van der Waals surface area (Å²) < 4.78 is 10.9. The molecule has 0 spiro atoms. The number of likely N-dealkylation sites (N-methyl/N-ethyl adjacent to an activating group) is 1. The molecule has 4 heteroatoms. The third-order valence-corrected chi connectivity index (χ3v) is 2.88. The molecule has 2 atom stereocenters. The van der Waals surface area contributed by atoms with Crippen LogP contribution in [0.5, 0.6) is 0 Å². The Labute approximate surface area is 99.3 Å². The highest BCUT2D eigenvalue weighted by Crippen LogP contribution is 2.06. The molecule has 1 N–H and O–H groups in total. The van der Waals surface area contributed by atoms with Crippen molar-refractivity contribution in [2.24, 2.45) is 0 Å². The van der Waals surface area contributed by atoms with E-state index in [1.807, 2.05) is 0 Å². The van der Waals surface area contributed by atoms with Gasteiger partial charge in [-0.1, -0.05) is 6.92 Å². The molecule has 1 aliphatic rings. The summed E-state index contributed by atoms with van der Waals surface area (Å²) in [6.07, 6.45) is 1.49. The van der Waals surface area contributed by atoms with E-state index in [4.69, 9.17) is 9.47 Å². The Morgan fingerprint density at radius 1 is 1.56 bits per heavy atom. The monoisotopic (exact) mass is 230 g/mol. The molecule has 1 saturated heterocycles. The van der Waals surface area contributed by atoms with Crippen LogP contribution in [0.25, 0.3) is 0 Å². The first-order chi connectivity index (χ1) is 7.76. The van der Waals surface area contributed by atoms with Gasteiger partial charge in [-0.05, 0) is 19.9 Å². The number of methoxy groups -OCH3 is 1. The van der Waals surface area contributed by atoms with E-state index in [0.717, 1.165) is 45.8 Å². The molecule has 0 radical (unpaired) electrons. The molecule has 16 heavy (non-hydrogen) atoms. The van der Waals surface area contributed by atoms with Gasteiger partial charge in [0.1, 0.15) is 0 Å². The summed E-state index contributed by atoms with van der Waals surface area (Å²) in [5, 5.41) is 3.46.